The van der Waals surface area contributed by atoms with Crippen molar-refractivity contribution in [3.05, 3.63) is 91.0 Å². The van der Waals surface area contributed by atoms with Crippen LogP contribution in [0.5, 0.6) is 5.75 Å². The SMILES string of the molecule is N#Cc1ncn(-c2ccccc2NC(=O)COc2ccccc2-c2ccccc2)n1. The van der Waals surface area contributed by atoms with Gasteiger partial charge in [0.2, 0.25) is 0 Å². The standard InChI is InChI=1S/C23H17N5O2/c24-14-22-25-16-28(27-22)20-12-6-5-11-19(20)26-23(29)15-30-21-13-7-4-10-18(21)17-8-2-1-3-9-17/h1-13,16H,15H2,(H,26,29). The Hall–Kier alpha value is -4.44. The van der Waals surface area contributed by atoms with Crippen molar-refractivity contribution in [1.82, 2.24) is 14.8 Å². The molecule has 1 N–H and O–H groups in total. The fourth-order valence-electron chi connectivity index (χ4n) is 2.99. The molecule has 146 valence electrons. The smallest absolute Gasteiger partial charge is 0.262 e. The molecule has 1 heterocycles. The number of ether oxygens (including phenoxy) is 1. The number of hydrogen-bond donors (Lipinski definition) is 1. The molecule has 0 bridgehead atoms. The van der Waals surface area contributed by atoms with Crippen LogP contribution in [0.2, 0.25) is 0 Å². The number of rotatable bonds is 6. The number of carbonyl (C=O) groups excluding carboxylic acids is 1. The molecule has 4 rings (SSSR count). The Morgan fingerprint density at radius 1 is 1.00 bits per heavy atom. The number of hydrogen-bond acceptors (Lipinski definition) is 5. The average molecular weight is 395 g/mol. The zero-order valence-electron chi connectivity index (χ0n) is 15.9. The summed E-state index contributed by atoms with van der Waals surface area (Å²) in [5, 5.41) is 15.8. The number of anilines is 1. The largest absolute Gasteiger partial charge is 0.483 e. The molecule has 0 fully saturated rings. The van der Waals surface area contributed by atoms with E-state index < -0.39 is 0 Å². The predicted molar refractivity (Wildman–Crippen MR) is 112 cm³/mol. The molecule has 0 saturated carbocycles. The molecule has 0 saturated heterocycles. The molecule has 7 heteroatoms. The second kappa shape index (κ2) is 8.71. The molecule has 1 amide bonds. The van der Waals surface area contributed by atoms with E-state index in [4.69, 9.17) is 10.00 Å². The molecule has 3 aromatic carbocycles. The van der Waals surface area contributed by atoms with E-state index >= 15 is 0 Å². The van der Waals surface area contributed by atoms with Crippen LogP contribution < -0.4 is 10.1 Å². The van der Waals surface area contributed by atoms with E-state index in [1.807, 2.05) is 66.7 Å². The minimum atomic E-state index is -0.314. The van der Waals surface area contributed by atoms with Crippen LogP contribution in [0.4, 0.5) is 5.69 Å². The zero-order valence-corrected chi connectivity index (χ0v) is 15.9. The maximum absolute atomic E-state index is 12.5. The van der Waals surface area contributed by atoms with Crippen molar-refractivity contribution in [1.29, 1.82) is 5.26 Å². The zero-order chi connectivity index (χ0) is 20.8. The van der Waals surface area contributed by atoms with Gasteiger partial charge in [0.25, 0.3) is 11.7 Å². The van der Waals surface area contributed by atoms with Gasteiger partial charge in [-0.3, -0.25) is 4.79 Å². The first-order chi connectivity index (χ1) is 14.7. The Kier molecular flexibility index (Phi) is 5.49. The van der Waals surface area contributed by atoms with Crippen LogP contribution >= 0.6 is 0 Å². The molecular weight excluding hydrogens is 378 g/mol. The van der Waals surface area contributed by atoms with Gasteiger partial charge in [0, 0.05) is 5.56 Å². The average Bonchev–Trinajstić information content (AvgIpc) is 3.28. The fraction of sp³-hybridized carbons (Fsp3) is 0.0435. The Balaban J connectivity index is 1.48. The van der Waals surface area contributed by atoms with Crippen LogP contribution in [0.1, 0.15) is 5.82 Å². The lowest BCUT2D eigenvalue weighted by molar-refractivity contribution is -0.118. The highest BCUT2D eigenvalue weighted by molar-refractivity contribution is 5.94. The third-order valence-electron chi connectivity index (χ3n) is 4.35. The first-order valence-electron chi connectivity index (χ1n) is 9.23. The molecule has 4 aromatic rings. The lowest BCUT2D eigenvalue weighted by Crippen LogP contribution is -2.21. The number of benzene rings is 3. The van der Waals surface area contributed by atoms with Crippen LogP contribution in [0.3, 0.4) is 0 Å². The number of aromatic nitrogens is 3. The summed E-state index contributed by atoms with van der Waals surface area (Å²) in [5.74, 6) is 0.366. The number of para-hydroxylation sites is 3. The van der Waals surface area contributed by atoms with Crippen LogP contribution in [0, 0.1) is 11.3 Å². The van der Waals surface area contributed by atoms with Crippen molar-refractivity contribution in [3.8, 4) is 28.6 Å². The minimum absolute atomic E-state index is 0.0528. The van der Waals surface area contributed by atoms with Gasteiger partial charge in [-0.15, -0.1) is 5.10 Å². The quantitative estimate of drug-likeness (QED) is 0.536. The van der Waals surface area contributed by atoms with Crippen molar-refractivity contribution in [3.63, 3.8) is 0 Å². The van der Waals surface area contributed by atoms with Crippen molar-refractivity contribution >= 4 is 11.6 Å². The van der Waals surface area contributed by atoms with Crippen molar-refractivity contribution in [2.75, 3.05) is 11.9 Å². The monoisotopic (exact) mass is 395 g/mol. The summed E-state index contributed by atoms with van der Waals surface area (Å²) >= 11 is 0. The molecule has 0 spiro atoms. The van der Waals surface area contributed by atoms with Gasteiger partial charge in [0.05, 0.1) is 11.4 Å². The van der Waals surface area contributed by atoms with E-state index in [9.17, 15) is 4.79 Å². The summed E-state index contributed by atoms with van der Waals surface area (Å²) in [6.45, 7) is -0.154. The molecule has 0 aliphatic rings. The van der Waals surface area contributed by atoms with Gasteiger partial charge in [0.1, 0.15) is 18.1 Å². The Labute approximate surface area is 173 Å². The summed E-state index contributed by atoms with van der Waals surface area (Å²) in [4.78, 5) is 16.4. The molecule has 1 aromatic heterocycles. The van der Waals surface area contributed by atoms with Crippen molar-refractivity contribution in [2.45, 2.75) is 0 Å². The van der Waals surface area contributed by atoms with E-state index in [-0.39, 0.29) is 18.3 Å². The summed E-state index contributed by atoms with van der Waals surface area (Å²) in [5.41, 5.74) is 3.07. The summed E-state index contributed by atoms with van der Waals surface area (Å²) in [6.07, 6.45) is 1.43. The molecule has 0 radical (unpaired) electrons. The van der Waals surface area contributed by atoms with Gasteiger partial charge >= 0.3 is 0 Å². The van der Waals surface area contributed by atoms with Gasteiger partial charge in [-0.25, -0.2) is 9.67 Å². The predicted octanol–water partition coefficient (Wildman–Crippen LogP) is 3.82. The maximum Gasteiger partial charge on any atom is 0.262 e. The van der Waals surface area contributed by atoms with Gasteiger partial charge < -0.3 is 10.1 Å². The number of nitrogens with one attached hydrogen (secondary N) is 1. The summed E-state index contributed by atoms with van der Waals surface area (Å²) in [7, 11) is 0. The first kappa shape index (κ1) is 18.9. The minimum Gasteiger partial charge on any atom is -0.483 e. The topological polar surface area (TPSA) is 92.8 Å². The maximum atomic E-state index is 12.5. The number of amides is 1. The van der Waals surface area contributed by atoms with Crippen LogP contribution in [-0.4, -0.2) is 27.3 Å². The Morgan fingerprint density at radius 2 is 1.73 bits per heavy atom. The van der Waals surface area contributed by atoms with Gasteiger partial charge in [0.15, 0.2) is 6.61 Å². The molecular formula is C23H17N5O2. The first-order valence-corrected chi connectivity index (χ1v) is 9.23. The van der Waals surface area contributed by atoms with E-state index in [0.29, 0.717) is 17.1 Å². The third-order valence-corrected chi connectivity index (χ3v) is 4.35. The highest BCUT2D eigenvalue weighted by Gasteiger charge is 2.12. The summed E-state index contributed by atoms with van der Waals surface area (Å²) < 4.78 is 7.25. The third kappa shape index (κ3) is 4.18. The van der Waals surface area contributed by atoms with Gasteiger partial charge in [-0.2, -0.15) is 5.26 Å². The van der Waals surface area contributed by atoms with E-state index in [1.165, 1.54) is 11.0 Å². The van der Waals surface area contributed by atoms with E-state index in [2.05, 4.69) is 15.4 Å². The molecule has 0 aliphatic carbocycles. The Bertz CT molecular complexity index is 1210. The molecule has 0 aliphatic heterocycles. The van der Waals surface area contributed by atoms with Crippen molar-refractivity contribution in [2.24, 2.45) is 0 Å². The lowest BCUT2D eigenvalue weighted by Gasteiger charge is -2.13. The number of nitrogens with zero attached hydrogens (tertiary/aromatic N) is 4. The Morgan fingerprint density at radius 3 is 2.53 bits per heavy atom. The van der Waals surface area contributed by atoms with Crippen LogP contribution in [0.25, 0.3) is 16.8 Å². The van der Waals surface area contributed by atoms with Gasteiger partial charge in [-0.1, -0.05) is 60.7 Å². The lowest BCUT2D eigenvalue weighted by atomic mass is 10.1. The fourth-order valence-corrected chi connectivity index (χ4v) is 2.99. The van der Waals surface area contributed by atoms with Crippen LogP contribution in [-0.2, 0) is 4.79 Å². The van der Waals surface area contributed by atoms with Crippen molar-refractivity contribution < 1.29 is 9.53 Å². The highest BCUT2D eigenvalue weighted by Crippen LogP contribution is 2.29. The van der Waals surface area contributed by atoms with E-state index in [0.717, 1.165) is 11.1 Å². The highest BCUT2D eigenvalue weighted by atomic mass is 16.5. The number of carbonyl (C=O) groups is 1. The number of nitriles is 1. The molecule has 30 heavy (non-hydrogen) atoms. The molecule has 7 nitrogen and oxygen atoms in total. The second-order valence-electron chi connectivity index (χ2n) is 6.34. The van der Waals surface area contributed by atoms with Crippen LogP contribution in [0.15, 0.2) is 85.2 Å². The summed E-state index contributed by atoms with van der Waals surface area (Å²) in [6, 6.07) is 26.5. The van der Waals surface area contributed by atoms with E-state index in [1.54, 1.807) is 18.2 Å². The molecule has 0 unspecified atom stereocenters. The normalized spacial score (nSPS) is 10.2. The molecule has 0 atom stereocenters. The second-order valence-corrected chi connectivity index (χ2v) is 6.34. The van der Waals surface area contributed by atoms with Gasteiger partial charge in [-0.05, 0) is 23.8 Å².